The largest absolute Gasteiger partial charge is 0.392 e. The Hall–Kier alpha value is -1.37. The minimum Gasteiger partial charge on any atom is -0.392 e. The molecule has 3 fully saturated rings. The molecular weight excluding hydrogens is 431 g/mol. The van der Waals surface area contributed by atoms with Crippen LogP contribution >= 0.6 is 23.2 Å². The molecular formula is C24H30Cl2N4O. The number of aliphatic hydroxyl groups is 1. The smallest absolute Gasteiger partial charge is 0.129 e. The van der Waals surface area contributed by atoms with Gasteiger partial charge in [0.25, 0.3) is 0 Å². The van der Waals surface area contributed by atoms with E-state index in [-0.39, 0.29) is 6.10 Å². The van der Waals surface area contributed by atoms with Crippen molar-refractivity contribution in [2.24, 2.45) is 0 Å². The van der Waals surface area contributed by atoms with Crippen molar-refractivity contribution in [1.29, 1.82) is 0 Å². The predicted molar refractivity (Wildman–Crippen MR) is 126 cm³/mol. The minimum atomic E-state index is -0.183. The Morgan fingerprint density at radius 3 is 2.45 bits per heavy atom. The maximum absolute atomic E-state index is 10.2. The van der Waals surface area contributed by atoms with Gasteiger partial charge in [-0.3, -0.25) is 9.80 Å². The summed E-state index contributed by atoms with van der Waals surface area (Å²) in [5.41, 5.74) is 1.33. The van der Waals surface area contributed by atoms with E-state index in [0.29, 0.717) is 18.1 Å². The number of halogens is 2. The van der Waals surface area contributed by atoms with Crippen LogP contribution < -0.4 is 4.90 Å². The van der Waals surface area contributed by atoms with Gasteiger partial charge in [-0.25, -0.2) is 4.98 Å². The van der Waals surface area contributed by atoms with Crippen LogP contribution in [0.25, 0.3) is 0 Å². The standard InChI is InChI=1S/C24H30Cl2N4O/c25-18-3-1-17(2-4-18)11-22-14-29-16-23(31)13-21(29)15-30(22)20-6-9-28(10-7-20)24-12-19(26)5-8-27-24/h1-5,8,12,20-23,31H,6-7,9-11,13-16H2/t21-,22-,23-/m0/s1. The lowest BCUT2D eigenvalue weighted by atomic mass is 9.94. The summed E-state index contributed by atoms with van der Waals surface area (Å²) in [6, 6.07) is 13.6. The predicted octanol–water partition coefficient (Wildman–Crippen LogP) is 3.72. The molecule has 2 aromatic rings. The average molecular weight is 461 g/mol. The quantitative estimate of drug-likeness (QED) is 0.752. The monoisotopic (exact) mass is 460 g/mol. The number of fused-ring (bicyclic) bond motifs is 1. The molecule has 0 saturated carbocycles. The zero-order valence-corrected chi connectivity index (χ0v) is 19.2. The van der Waals surface area contributed by atoms with E-state index in [2.05, 4.69) is 31.8 Å². The van der Waals surface area contributed by atoms with Crippen molar-refractivity contribution in [3.63, 3.8) is 0 Å². The lowest BCUT2D eigenvalue weighted by Gasteiger charge is -2.49. The summed E-state index contributed by atoms with van der Waals surface area (Å²) in [4.78, 5) is 12.1. The summed E-state index contributed by atoms with van der Waals surface area (Å²) in [6.07, 6.45) is 5.77. The van der Waals surface area contributed by atoms with Crippen LogP contribution in [0.15, 0.2) is 42.6 Å². The van der Waals surface area contributed by atoms with Gasteiger partial charge in [0.1, 0.15) is 5.82 Å². The normalized spacial score (nSPS) is 28.1. The Morgan fingerprint density at radius 1 is 0.935 bits per heavy atom. The molecule has 7 heteroatoms. The minimum absolute atomic E-state index is 0.183. The van der Waals surface area contributed by atoms with Crippen LogP contribution in [0.4, 0.5) is 5.82 Å². The van der Waals surface area contributed by atoms with Crippen molar-refractivity contribution in [1.82, 2.24) is 14.8 Å². The molecule has 3 saturated heterocycles. The number of aliphatic hydroxyl groups excluding tert-OH is 1. The van der Waals surface area contributed by atoms with E-state index in [9.17, 15) is 5.11 Å². The summed E-state index contributed by atoms with van der Waals surface area (Å²) < 4.78 is 0. The first-order valence-electron chi connectivity index (χ1n) is 11.3. The number of pyridine rings is 1. The van der Waals surface area contributed by atoms with Crippen LogP contribution in [-0.4, -0.2) is 76.8 Å². The molecule has 1 aromatic heterocycles. The molecule has 0 aliphatic carbocycles. The highest BCUT2D eigenvalue weighted by Crippen LogP contribution is 2.32. The molecule has 5 rings (SSSR count). The summed E-state index contributed by atoms with van der Waals surface area (Å²) in [5.74, 6) is 0.979. The van der Waals surface area contributed by atoms with Gasteiger partial charge in [0, 0.05) is 67.1 Å². The molecule has 0 unspecified atom stereocenters. The first kappa shape index (κ1) is 21.5. The van der Waals surface area contributed by atoms with Crippen LogP contribution in [0.1, 0.15) is 24.8 Å². The van der Waals surface area contributed by atoms with Gasteiger partial charge in [-0.15, -0.1) is 0 Å². The molecule has 0 amide bonds. The molecule has 166 valence electrons. The number of hydrogen-bond donors (Lipinski definition) is 1. The van der Waals surface area contributed by atoms with Gasteiger partial charge in [0.05, 0.1) is 6.10 Å². The molecule has 0 spiro atoms. The lowest BCUT2D eigenvalue weighted by molar-refractivity contribution is 0.0122. The van der Waals surface area contributed by atoms with E-state index in [1.54, 1.807) is 6.20 Å². The maximum Gasteiger partial charge on any atom is 0.129 e. The SMILES string of the molecule is O[C@H]1C[C@H]2CN(C3CCN(c4cc(Cl)ccn4)CC3)[C@@H](Cc3ccc(Cl)cc3)CN2C1. The third kappa shape index (κ3) is 4.86. The van der Waals surface area contributed by atoms with Gasteiger partial charge >= 0.3 is 0 Å². The zero-order chi connectivity index (χ0) is 21.4. The Labute approximate surface area is 194 Å². The van der Waals surface area contributed by atoms with Crippen molar-refractivity contribution in [2.45, 2.75) is 49.9 Å². The van der Waals surface area contributed by atoms with Gasteiger partial charge < -0.3 is 10.0 Å². The Bertz CT molecular complexity index is 887. The van der Waals surface area contributed by atoms with Gasteiger partial charge in [0.2, 0.25) is 0 Å². The van der Waals surface area contributed by atoms with Gasteiger partial charge in [-0.05, 0) is 55.5 Å². The summed E-state index contributed by atoms with van der Waals surface area (Å²) in [6.45, 7) is 4.89. The Morgan fingerprint density at radius 2 is 1.71 bits per heavy atom. The second-order valence-electron chi connectivity index (χ2n) is 9.23. The highest BCUT2D eigenvalue weighted by Gasteiger charge is 2.42. The Balaban J connectivity index is 1.29. The summed E-state index contributed by atoms with van der Waals surface area (Å²) in [7, 11) is 0. The third-order valence-corrected chi connectivity index (χ3v) is 7.68. The van der Waals surface area contributed by atoms with Crippen molar-refractivity contribution >= 4 is 29.0 Å². The van der Waals surface area contributed by atoms with E-state index >= 15 is 0 Å². The van der Waals surface area contributed by atoms with Crippen molar-refractivity contribution in [3.8, 4) is 0 Å². The van der Waals surface area contributed by atoms with Crippen molar-refractivity contribution < 1.29 is 5.11 Å². The van der Waals surface area contributed by atoms with Crippen LogP contribution in [0.2, 0.25) is 10.0 Å². The fourth-order valence-electron chi connectivity index (χ4n) is 5.65. The van der Waals surface area contributed by atoms with Crippen LogP contribution in [0.3, 0.4) is 0 Å². The van der Waals surface area contributed by atoms with E-state index in [4.69, 9.17) is 23.2 Å². The fourth-order valence-corrected chi connectivity index (χ4v) is 5.93. The average Bonchev–Trinajstić information content (AvgIpc) is 3.14. The number of benzene rings is 1. The molecule has 31 heavy (non-hydrogen) atoms. The molecule has 3 atom stereocenters. The van der Waals surface area contributed by atoms with Crippen LogP contribution in [0, 0.1) is 0 Å². The maximum atomic E-state index is 10.2. The molecule has 4 heterocycles. The molecule has 3 aliphatic heterocycles. The lowest BCUT2D eigenvalue weighted by Crippen LogP contribution is -2.61. The first-order valence-corrected chi connectivity index (χ1v) is 12.1. The first-order chi connectivity index (χ1) is 15.0. The van der Waals surface area contributed by atoms with Crippen molar-refractivity contribution in [2.75, 3.05) is 37.6 Å². The van der Waals surface area contributed by atoms with Gasteiger partial charge in [0.15, 0.2) is 0 Å². The second-order valence-corrected chi connectivity index (χ2v) is 10.1. The summed E-state index contributed by atoms with van der Waals surface area (Å²) >= 11 is 12.3. The number of piperidine rings is 1. The number of aromatic nitrogens is 1. The molecule has 0 radical (unpaired) electrons. The second kappa shape index (κ2) is 9.24. The number of nitrogens with zero attached hydrogens (tertiary/aromatic N) is 4. The number of rotatable bonds is 4. The van der Waals surface area contributed by atoms with E-state index in [1.165, 1.54) is 5.56 Å². The molecule has 3 aliphatic rings. The third-order valence-electron chi connectivity index (χ3n) is 7.19. The number of hydrogen-bond acceptors (Lipinski definition) is 5. The van der Waals surface area contributed by atoms with Gasteiger partial charge in [-0.2, -0.15) is 0 Å². The van der Waals surface area contributed by atoms with Crippen LogP contribution in [0.5, 0.6) is 0 Å². The number of anilines is 1. The fraction of sp³-hybridized carbons (Fsp3) is 0.542. The van der Waals surface area contributed by atoms with Gasteiger partial charge in [-0.1, -0.05) is 35.3 Å². The zero-order valence-electron chi connectivity index (χ0n) is 17.7. The molecule has 1 aromatic carbocycles. The van der Waals surface area contributed by atoms with E-state index in [1.807, 2.05) is 24.3 Å². The van der Waals surface area contributed by atoms with Crippen molar-refractivity contribution in [3.05, 3.63) is 58.2 Å². The number of piperazine rings is 1. The highest BCUT2D eigenvalue weighted by atomic mass is 35.5. The Kier molecular flexibility index (Phi) is 6.40. The highest BCUT2D eigenvalue weighted by molar-refractivity contribution is 6.31. The van der Waals surface area contributed by atoms with E-state index in [0.717, 1.165) is 74.3 Å². The topological polar surface area (TPSA) is 42.8 Å². The molecule has 5 nitrogen and oxygen atoms in total. The summed E-state index contributed by atoms with van der Waals surface area (Å²) in [5, 5.41) is 11.8. The molecule has 0 bridgehead atoms. The van der Waals surface area contributed by atoms with E-state index < -0.39 is 0 Å². The van der Waals surface area contributed by atoms with Crippen LogP contribution in [-0.2, 0) is 6.42 Å². The molecule has 1 N–H and O–H groups in total.